The maximum absolute atomic E-state index is 12.1. The van der Waals surface area contributed by atoms with E-state index in [-0.39, 0.29) is 6.03 Å². The van der Waals surface area contributed by atoms with Crippen LogP contribution in [0.5, 0.6) is 0 Å². The van der Waals surface area contributed by atoms with Crippen LogP contribution in [-0.4, -0.2) is 49.8 Å². The number of benzene rings is 1. The van der Waals surface area contributed by atoms with E-state index in [2.05, 4.69) is 42.4 Å². The molecule has 0 spiro atoms. The van der Waals surface area contributed by atoms with Gasteiger partial charge in [0.15, 0.2) is 0 Å². The number of morpholine rings is 1. The Morgan fingerprint density at radius 3 is 2.57 bits per heavy atom. The first kappa shape index (κ1) is 17.8. The van der Waals surface area contributed by atoms with Crippen LogP contribution in [-0.2, 0) is 11.3 Å². The number of amides is 2. The highest BCUT2D eigenvalue weighted by atomic mass is 16.5. The summed E-state index contributed by atoms with van der Waals surface area (Å²) in [6.45, 7) is 11.1. The topological polar surface area (TPSA) is 53.6 Å². The van der Waals surface area contributed by atoms with Gasteiger partial charge in [-0.15, -0.1) is 0 Å². The minimum atomic E-state index is -0.104. The van der Waals surface area contributed by atoms with Gasteiger partial charge in [0.2, 0.25) is 0 Å². The number of rotatable bonds is 6. The summed E-state index contributed by atoms with van der Waals surface area (Å²) in [6, 6.07) is 8.35. The molecule has 1 aromatic carbocycles. The molecule has 5 nitrogen and oxygen atoms in total. The van der Waals surface area contributed by atoms with Crippen LogP contribution in [0.4, 0.5) is 4.79 Å². The minimum absolute atomic E-state index is 0.104. The molecule has 0 saturated carbocycles. The lowest BCUT2D eigenvalue weighted by Crippen LogP contribution is -2.52. The second-order valence-electron chi connectivity index (χ2n) is 6.45. The van der Waals surface area contributed by atoms with Gasteiger partial charge < -0.3 is 15.4 Å². The molecule has 128 valence electrons. The summed E-state index contributed by atoms with van der Waals surface area (Å²) in [6.07, 6.45) is 0. The van der Waals surface area contributed by atoms with Crippen LogP contribution in [0, 0.1) is 12.8 Å². The third-order valence-electron chi connectivity index (χ3n) is 4.46. The van der Waals surface area contributed by atoms with Crippen molar-refractivity contribution in [2.24, 2.45) is 5.92 Å². The van der Waals surface area contributed by atoms with E-state index in [1.807, 2.05) is 18.2 Å². The zero-order valence-corrected chi connectivity index (χ0v) is 14.5. The van der Waals surface area contributed by atoms with Crippen LogP contribution in [0.3, 0.4) is 0 Å². The lowest BCUT2D eigenvalue weighted by atomic mass is 10.0. The van der Waals surface area contributed by atoms with Crippen molar-refractivity contribution >= 4 is 6.03 Å². The first-order valence-electron chi connectivity index (χ1n) is 8.46. The van der Waals surface area contributed by atoms with E-state index in [0.29, 0.717) is 25.0 Å². The molecule has 1 aromatic rings. The number of carbonyl (C=O) groups excluding carboxylic acids is 1. The van der Waals surface area contributed by atoms with Crippen LogP contribution in [0.1, 0.15) is 25.0 Å². The third-order valence-corrected chi connectivity index (χ3v) is 4.46. The van der Waals surface area contributed by atoms with Crippen molar-refractivity contribution in [1.82, 2.24) is 15.5 Å². The number of hydrogen-bond acceptors (Lipinski definition) is 3. The van der Waals surface area contributed by atoms with Gasteiger partial charge in [-0.05, 0) is 24.0 Å². The van der Waals surface area contributed by atoms with Crippen molar-refractivity contribution < 1.29 is 9.53 Å². The second kappa shape index (κ2) is 8.89. The zero-order valence-electron chi connectivity index (χ0n) is 14.5. The van der Waals surface area contributed by atoms with E-state index in [1.165, 1.54) is 5.56 Å². The molecule has 2 amide bonds. The molecule has 1 atom stereocenters. The number of nitrogens with one attached hydrogen (secondary N) is 2. The Bertz CT molecular complexity index is 499. The fourth-order valence-corrected chi connectivity index (χ4v) is 2.94. The zero-order chi connectivity index (χ0) is 16.7. The predicted molar refractivity (Wildman–Crippen MR) is 92.4 cm³/mol. The van der Waals surface area contributed by atoms with E-state index in [0.717, 1.165) is 31.9 Å². The fourth-order valence-electron chi connectivity index (χ4n) is 2.94. The summed E-state index contributed by atoms with van der Waals surface area (Å²) >= 11 is 0. The van der Waals surface area contributed by atoms with Crippen molar-refractivity contribution in [3.63, 3.8) is 0 Å². The second-order valence-corrected chi connectivity index (χ2v) is 6.45. The molecule has 1 aliphatic rings. The van der Waals surface area contributed by atoms with E-state index < -0.39 is 0 Å². The maximum atomic E-state index is 12.1. The van der Waals surface area contributed by atoms with Crippen LogP contribution < -0.4 is 10.6 Å². The average molecular weight is 319 g/mol. The molecule has 1 heterocycles. The van der Waals surface area contributed by atoms with Gasteiger partial charge in [0, 0.05) is 32.2 Å². The molecule has 2 N–H and O–H groups in total. The van der Waals surface area contributed by atoms with Crippen LogP contribution >= 0.6 is 0 Å². The van der Waals surface area contributed by atoms with Crippen molar-refractivity contribution in [3.8, 4) is 0 Å². The SMILES string of the molecule is Cc1ccccc1CNC(=O)NCC(C(C)C)N1CCOCC1. The molecule has 1 aliphatic heterocycles. The molecule has 23 heavy (non-hydrogen) atoms. The van der Waals surface area contributed by atoms with Gasteiger partial charge in [-0.3, -0.25) is 4.90 Å². The number of aryl methyl sites for hydroxylation is 1. The van der Waals surface area contributed by atoms with Gasteiger partial charge >= 0.3 is 6.03 Å². The normalized spacial score (nSPS) is 17.0. The Hall–Kier alpha value is -1.59. The predicted octanol–water partition coefficient (Wildman–Crippen LogP) is 2.15. The summed E-state index contributed by atoms with van der Waals surface area (Å²) in [5, 5.41) is 5.96. The molecule has 0 aromatic heterocycles. The summed E-state index contributed by atoms with van der Waals surface area (Å²) < 4.78 is 5.41. The number of urea groups is 1. The Labute approximate surface area is 139 Å². The molecule has 1 saturated heterocycles. The summed E-state index contributed by atoms with van der Waals surface area (Å²) in [7, 11) is 0. The highest BCUT2D eigenvalue weighted by Gasteiger charge is 2.24. The summed E-state index contributed by atoms with van der Waals surface area (Å²) in [4.78, 5) is 14.5. The van der Waals surface area contributed by atoms with Crippen molar-refractivity contribution in [1.29, 1.82) is 0 Å². The molecule has 0 bridgehead atoms. The van der Waals surface area contributed by atoms with Gasteiger partial charge in [-0.25, -0.2) is 4.79 Å². The molecular formula is C18H29N3O2. The average Bonchev–Trinajstić information content (AvgIpc) is 2.55. The van der Waals surface area contributed by atoms with E-state index >= 15 is 0 Å². The van der Waals surface area contributed by atoms with Crippen LogP contribution in [0.15, 0.2) is 24.3 Å². The molecule has 0 radical (unpaired) electrons. The first-order chi connectivity index (χ1) is 11.1. The maximum Gasteiger partial charge on any atom is 0.315 e. The van der Waals surface area contributed by atoms with E-state index in [1.54, 1.807) is 0 Å². The van der Waals surface area contributed by atoms with Gasteiger partial charge in [0.1, 0.15) is 0 Å². The number of ether oxygens (including phenoxy) is 1. The Morgan fingerprint density at radius 2 is 1.91 bits per heavy atom. The molecular weight excluding hydrogens is 290 g/mol. The summed E-state index contributed by atoms with van der Waals surface area (Å²) in [5.74, 6) is 0.491. The lowest BCUT2D eigenvalue weighted by Gasteiger charge is -2.36. The Kier molecular flexibility index (Phi) is 6.86. The van der Waals surface area contributed by atoms with Gasteiger partial charge in [-0.1, -0.05) is 38.1 Å². The first-order valence-corrected chi connectivity index (χ1v) is 8.46. The quantitative estimate of drug-likeness (QED) is 0.845. The van der Waals surface area contributed by atoms with Gasteiger partial charge in [0.05, 0.1) is 13.2 Å². The number of nitrogens with zero attached hydrogens (tertiary/aromatic N) is 1. The van der Waals surface area contributed by atoms with Gasteiger partial charge in [-0.2, -0.15) is 0 Å². The third kappa shape index (κ3) is 5.52. The molecule has 0 aliphatic carbocycles. The van der Waals surface area contributed by atoms with Crippen LogP contribution in [0.25, 0.3) is 0 Å². The minimum Gasteiger partial charge on any atom is -0.379 e. The number of carbonyl (C=O) groups is 1. The molecule has 1 fully saturated rings. The molecule has 2 rings (SSSR count). The largest absolute Gasteiger partial charge is 0.379 e. The molecule has 1 unspecified atom stereocenters. The van der Waals surface area contributed by atoms with Crippen molar-refractivity contribution in [2.45, 2.75) is 33.4 Å². The van der Waals surface area contributed by atoms with Crippen LogP contribution in [0.2, 0.25) is 0 Å². The van der Waals surface area contributed by atoms with Gasteiger partial charge in [0.25, 0.3) is 0 Å². The van der Waals surface area contributed by atoms with Crippen molar-refractivity contribution in [2.75, 3.05) is 32.8 Å². The monoisotopic (exact) mass is 319 g/mol. The Balaban J connectivity index is 1.78. The lowest BCUT2D eigenvalue weighted by molar-refractivity contribution is 0.00719. The Morgan fingerprint density at radius 1 is 1.22 bits per heavy atom. The summed E-state index contributed by atoms with van der Waals surface area (Å²) in [5.41, 5.74) is 2.34. The standard InChI is InChI=1S/C18H29N3O2/c1-14(2)17(21-8-10-23-11-9-21)13-20-18(22)19-12-16-7-5-4-6-15(16)3/h4-7,14,17H,8-13H2,1-3H3,(H2,19,20,22). The highest BCUT2D eigenvalue weighted by molar-refractivity contribution is 5.73. The fraction of sp³-hybridized carbons (Fsp3) is 0.611. The number of hydrogen-bond donors (Lipinski definition) is 2. The highest BCUT2D eigenvalue weighted by Crippen LogP contribution is 2.12. The smallest absolute Gasteiger partial charge is 0.315 e. The van der Waals surface area contributed by atoms with E-state index in [9.17, 15) is 4.79 Å². The van der Waals surface area contributed by atoms with Crippen molar-refractivity contribution in [3.05, 3.63) is 35.4 Å². The molecule has 5 heteroatoms. The van der Waals surface area contributed by atoms with E-state index in [4.69, 9.17) is 4.74 Å².